The van der Waals surface area contributed by atoms with Crippen LogP contribution in [0, 0.1) is 53.3 Å². The van der Waals surface area contributed by atoms with Crippen LogP contribution in [0.15, 0.2) is 48.6 Å². The molecule has 0 radical (unpaired) electrons. The number of hydrogen-bond acceptors (Lipinski definition) is 11. The Kier molecular flexibility index (Phi) is 88.3. The van der Waals surface area contributed by atoms with Crippen molar-refractivity contribution in [2.45, 2.75) is 363 Å². The number of benzene rings is 1. The number of aliphatic hydroxyl groups is 4. The molecule has 2 saturated carbocycles. The molecule has 1 aromatic rings. The van der Waals surface area contributed by atoms with Crippen LogP contribution in [0.25, 0.3) is 0 Å². The Hall–Kier alpha value is -1.90. The van der Waals surface area contributed by atoms with Crippen LogP contribution in [0.2, 0.25) is 0 Å². The number of unbranched alkanes of at least 4 members (excludes halogenated alkanes) is 5. The molecular formula is C87H176O11. The third-order valence-electron chi connectivity index (χ3n) is 18.0. The predicted molar refractivity (Wildman–Crippen MR) is 430 cm³/mol. The second kappa shape index (κ2) is 80.8. The minimum absolute atomic E-state index is 0. The molecule has 2 bridgehead atoms. The van der Waals surface area contributed by atoms with Gasteiger partial charge < -0.3 is 53.6 Å². The van der Waals surface area contributed by atoms with Gasteiger partial charge in [-0.05, 0) is 176 Å². The third-order valence-corrected chi connectivity index (χ3v) is 18.0. The van der Waals surface area contributed by atoms with Crippen molar-refractivity contribution in [2.24, 2.45) is 46.3 Å². The number of aryl methyl sites for hydroxylation is 1. The Morgan fingerprint density at radius 3 is 1.42 bits per heavy atom. The number of rotatable bonds is 40. The van der Waals surface area contributed by atoms with Gasteiger partial charge in [0, 0.05) is 52.2 Å². The van der Waals surface area contributed by atoms with Gasteiger partial charge in [0.15, 0.2) is 0 Å². The first-order chi connectivity index (χ1) is 46.6. The molecule has 4 aliphatic carbocycles. The first kappa shape index (κ1) is 107. The highest BCUT2D eigenvalue weighted by molar-refractivity contribution is 5.26. The van der Waals surface area contributed by atoms with E-state index < -0.39 is 6.10 Å². The van der Waals surface area contributed by atoms with Crippen LogP contribution in [0.3, 0.4) is 0 Å². The van der Waals surface area contributed by atoms with E-state index in [0.717, 1.165) is 152 Å². The van der Waals surface area contributed by atoms with Gasteiger partial charge in [-0.1, -0.05) is 264 Å². The van der Waals surface area contributed by atoms with Crippen LogP contribution < -0.4 is 4.74 Å². The van der Waals surface area contributed by atoms with Gasteiger partial charge in [0.2, 0.25) is 0 Å². The molecule has 11 heteroatoms. The standard InChI is InChI=1S/C14H22O3.C11H24O2.C10H20O.C10H16.C9H16.C8H18O2.C7H16.C6H14O2.C6H14O.C5H12.CH4/c1-3-4-9-16-10-13(15)11-17-14-7-5-12(2)6-8-14;1-4-7-8-13-10-11(5-2,6-3)9-12;1-3-4-9-5-6-10(11)8(2)7-9;1-2-3-9-6-8-4-5-10(9)7-8;1-2-6-9-7-4-3-5-8-9;1-3-5-6-10-7-8(9)4-2;1-5-6-7(2,3)4;1-3-4-8-6-5-7-2;1-3-5-7-6-4-2;1-3-5-4-2;/h5-8,13,15H,3-4,9-11H2,1-2H3;12H,4-10H2,1-3H3;8-11H,3-7H2,1-2H3;4-5,8-10H,2-3,6-7H2,1H3;3-4,9H,2,5-8H2,1H3;8-9H,3-7H2,1-2H3;5-6H2,1-4H3;3-6H2,1-2H3;3-6H2,1-2H3;3-5H2,1-2H3;1H4. The molecule has 0 aliphatic heterocycles. The van der Waals surface area contributed by atoms with Crippen LogP contribution in [0.4, 0.5) is 0 Å². The monoisotopic (exact) mass is 1400 g/mol. The van der Waals surface area contributed by atoms with Crippen LogP contribution >= 0.6 is 0 Å². The summed E-state index contributed by atoms with van der Waals surface area (Å²) in [5, 5.41) is 37.4. The summed E-state index contributed by atoms with van der Waals surface area (Å²) in [6, 6.07) is 7.78. The third kappa shape index (κ3) is 73.8. The molecule has 1 aromatic carbocycles. The van der Waals surface area contributed by atoms with Crippen molar-refractivity contribution >= 4 is 0 Å². The van der Waals surface area contributed by atoms with Gasteiger partial charge in [-0.25, -0.2) is 0 Å². The van der Waals surface area contributed by atoms with Crippen molar-refractivity contribution in [3.05, 3.63) is 54.1 Å². The minimum Gasteiger partial charge on any atom is -0.491 e. The van der Waals surface area contributed by atoms with Crippen molar-refractivity contribution in [1.29, 1.82) is 0 Å². The van der Waals surface area contributed by atoms with Gasteiger partial charge in [0.05, 0.1) is 51.8 Å². The first-order valence-electron chi connectivity index (χ1n) is 40.7. The quantitative estimate of drug-likeness (QED) is 0.0368. The number of hydrogen-bond donors (Lipinski definition) is 4. The molecule has 9 unspecified atom stereocenters. The summed E-state index contributed by atoms with van der Waals surface area (Å²) >= 11 is 0. The van der Waals surface area contributed by atoms with Gasteiger partial charge in [-0.3, -0.25) is 0 Å². The lowest BCUT2D eigenvalue weighted by molar-refractivity contribution is 0.000390. The zero-order chi connectivity index (χ0) is 74.1. The highest BCUT2D eigenvalue weighted by atomic mass is 16.5. The minimum atomic E-state index is -0.562. The highest BCUT2D eigenvalue weighted by Gasteiger charge is 2.34. The summed E-state index contributed by atoms with van der Waals surface area (Å²) in [5.74, 6) is 6.24. The molecule has 0 amide bonds. The van der Waals surface area contributed by atoms with Crippen molar-refractivity contribution in [3.8, 4) is 5.75 Å². The summed E-state index contributed by atoms with van der Waals surface area (Å²) in [6.45, 7) is 51.9. The van der Waals surface area contributed by atoms with Crippen LogP contribution in [0.1, 0.15) is 344 Å². The number of fused-ring (bicyclic) bond motifs is 2. The lowest BCUT2D eigenvalue weighted by Crippen LogP contribution is -2.29. The van der Waals surface area contributed by atoms with E-state index in [0.29, 0.717) is 44.4 Å². The fourth-order valence-electron chi connectivity index (χ4n) is 11.4. The molecule has 4 aliphatic rings. The van der Waals surface area contributed by atoms with E-state index in [2.05, 4.69) is 149 Å². The zero-order valence-corrected chi connectivity index (χ0v) is 68.6. The van der Waals surface area contributed by atoms with E-state index in [-0.39, 0.29) is 38.3 Å². The second-order valence-electron chi connectivity index (χ2n) is 29.1. The molecule has 9 atom stereocenters. The fraction of sp³-hybridized carbons (Fsp3) is 0.885. The fourth-order valence-corrected chi connectivity index (χ4v) is 11.4. The Morgan fingerprint density at radius 2 is 1.03 bits per heavy atom. The number of methoxy groups -OCH3 is 1. The number of aliphatic hydroxyl groups excluding tert-OH is 4. The summed E-state index contributed by atoms with van der Waals surface area (Å²) in [6.07, 6.45) is 47.1. The predicted octanol–water partition coefficient (Wildman–Crippen LogP) is 24.0. The smallest absolute Gasteiger partial charge is 0.119 e. The zero-order valence-electron chi connectivity index (χ0n) is 68.6. The van der Waals surface area contributed by atoms with Gasteiger partial charge in [-0.15, -0.1) is 0 Å². The van der Waals surface area contributed by atoms with Crippen molar-refractivity contribution in [2.75, 3.05) is 93.0 Å². The molecule has 0 spiro atoms. The summed E-state index contributed by atoms with van der Waals surface area (Å²) < 4.78 is 36.5. The molecule has 5 rings (SSSR count). The summed E-state index contributed by atoms with van der Waals surface area (Å²) in [4.78, 5) is 0. The van der Waals surface area contributed by atoms with Gasteiger partial charge in [0.25, 0.3) is 0 Å². The van der Waals surface area contributed by atoms with Gasteiger partial charge >= 0.3 is 0 Å². The van der Waals surface area contributed by atoms with Crippen molar-refractivity contribution < 1.29 is 53.6 Å². The van der Waals surface area contributed by atoms with E-state index in [1.165, 1.54) is 128 Å². The molecule has 0 aromatic heterocycles. The Balaban J connectivity index is -0.000000243. The second-order valence-corrected chi connectivity index (χ2v) is 29.1. The lowest BCUT2D eigenvalue weighted by Gasteiger charge is -2.30. The first-order valence-corrected chi connectivity index (χ1v) is 40.7. The maximum absolute atomic E-state index is 9.61. The van der Waals surface area contributed by atoms with Gasteiger partial charge in [0.1, 0.15) is 18.5 Å². The normalized spacial score (nSPS) is 19.1. The van der Waals surface area contributed by atoms with E-state index in [1.807, 2.05) is 38.1 Å². The molecule has 590 valence electrons. The lowest BCUT2D eigenvalue weighted by atomic mass is 9.79. The number of ether oxygens (including phenoxy) is 7. The largest absolute Gasteiger partial charge is 0.491 e. The maximum atomic E-state index is 9.61. The van der Waals surface area contributed by atoms with E-state index in [9.17, 15) is 15.3 Å². The molecule has 98 heavy (non-hydrogen) atoms. The Bertz CT molecular complexity index is 1660. The van der Waals surface area contributed by atoms with E-state index in [4.69, 9.17) is 38.3 Å². The van der Waals surface area contributed by atoms with Crippen LogP contribution in [-0.4, -0.2) is 132 Å². The molecule has 0 saturated heterocycles. The van der Waals surface area contributed by atoms with E-state index >= 15 is 0 Å². The summed E-state index contributed by atoms with van der Waals surface area (Å²) in [5.41, 5.74) is 1.75. The van der Waals surface area contributed by atoms with E-state index in [1.54, 1.807) is 7.11 Å². The van der Waals surface area contributed by atoms with Crippen LogP contribution in [0.5, 0.6) is 5.75 Å². The molecule has 2 fully saturated rings. The van der Waals surface area contributed by atoms with Gasteiger partial charge in [-0.2, -0.15) is 0 Å². The van der Waals surface area contributed by atoms with Crippen molar-refractivity contribution in [1.82, 2.24) is 0 Å². The molecular weight excluding hydrogens is 1220 g/mol. The Morgan fingerprint density at radius 1 is 0.510 bits per heavy atom. The van der Waals surface area contributed by atoms with Crippen molar-refractivity contribution in [3.63, 3.8) is 0 Å². The summed E-state index contributed by atoms with van der Waals surface area (Å²) in [7, 11) is 1.68. The number of allylic oxidation sites excluding steroid dienone is 4. The SMILES string of the molecule is C.CCCC(C)(C)C.CCCC1CC2C=CC1C2.CCCC1CC=CCC1.CCCC1CCC(O)C(C)C1.CCCCC.CCCCOCC(CC)(CC)CO.CCCCOCC(O)CC.CCCCOCC(O)COc1ccc(C)cc1.CCCOCCC.CCCOCCOC. The molecule has 11 nitrogen and oxygen atoms in total. The Labute approximate surface area is 613 Å². The van der Waals surface area contributed by atoms with Crippen LogP contribution in [-0.2, 0) is 28.4 Å². The maximum Gasteiger partial charge on any atom is 0.119 e. The molecule has 0 heterocycles. The molecule has 4 N–H and O–H groups in total. The average molecular weight is 1400 g/mol. The topological polar surface area (TPSA) is 146 Å². The highest BCUT2D eigenvalue weighted by Crippen LogP contribution is 2.45. The average Bonchev–Trinajstić information content (AvgIpc) is 1.69.